The lowest BCUT2D eigenvalue weighted by molar-refractivity contribution is 0.0844. The van der Waals surface area contributed by atoms with Crippen LogP contribution in [0.15, 0.2) is 36.4 Å². The van der Waals surface area contributed by atoms with Gasteiger partial charge in [-0.2, -0.15) is 5.10 Å². The average Bonchev–Trinajstić information content (AvgIpc) is 3.31. The van der Waals surface area contributed by atoms with Gasteiger partial charge in [0, 0.05) is 11.3 Å². The van der Waals surface area contributed by atoms with Gasteiger partial charge in [-0.1, -0.05) is 44.2 Å². The van der Waals surface area contributed by atoms with Crippen molar-refractivity contribution in [2.45, 2.75) is 53.0 Å². The molecule has 0 fully saturated rings. The highest BCUT2D eigenvalue weighted by Gasteiger charge is 2.24. The molecule has 158 valence electrons. The Labute approximate surface area is 180 Å². The summed E-state index contributed by atoms with van der Waals surface area (Å²) < 4.78 is 1.86. The van der Waals surface area contributed by atoms with Crippen molar-refractivity contribution in [2.75, 3.05) is 0 Å². The summed E-state index contributed by atoms with van der Waals surface area (Å²) in [6.07, 6.45) is 0. The fourth-order valence-electron chi connectivity index (χ4n) is 3.00. The first kappa shape index (κ1) is 21.7. The normalized spacial score (nSPS) is 11.6. The lowest BCUT2D eigenvalue weighted by atomic mass is 10.1. The van der Waals surface area contributed by atoms with Crippen LogP contribution < -0.4 is 10.9 Å². The number of benzene rings is 1. The molecule has 8 heteroatoms. The number of rotatable bonds is 4. The van der Waals surface area contributed by atoms with Crippen molar-refractivity contribution in [3.05, 3.63) is 58.4 Å². The summed E-state index contributed by atoms with van der Waals surface area (Å²) in [5, 5.41) is 5.22. The quantitative estimate of drug-likeness (QED) is 0.611. The molecule has 30 heavy (non-hydrogen) atoms. The highest BCUT2D eigenvalue weighted by atomic mass is 32.1. The zero-order valence-corrected chi connectivity index (χ0v) is 18.9. The van der Waals surface area contributed by atoms with Gasteiger partial charge < -0.3 is 0 Å². The minimum absolute atomic E-state index is 0.212. The van der Waals surface area contributed by atoms with E-state index in [2.05, 4.69) is 34.8 Å². The Balaban J connectivity index is 1.73. The molecule has 1 aromatic carbocycles. The molecule has 0 aliphatic carbocycles. The highest BCUT2D eigenvalue weighted by Crippen LogP contribution is 2.27. The summed E-state index contributed by atoms with van der Waals surface area (Å²) in [5.41, 5.74) is 7.49. The van der Waals surface area contributed by atoms with Crippen LogP contribution in [0.4, 0.5) is 0 Å². The van der Waals surface area contributed by atoms with Gasteiger partial charge in [0.1, 0.15) is 9.88 Å². The summed E-state index contributed by atoms with van der Waals surface area (Å²) >= 11 is 1.29. The third kappa shape index (κ3) is 4.59. The van der Waals surface area contributed by atoms with Crippen LogP contribution in [-0.4, -0.2) is 26.6 Å². The van der Waals surface area contributed by atoms with Crippen LogP contribution in [0.25, 0.3) is 10.6 Å². The van der Waals surface area contributed by atoms with E-state index in [1.807, 2.05) is 55.8 Å². The Morgan fingerprint density at radius 2 is 1.70 bits per heavy atom. The minimum Gasteiger partial charge on any atom is -0.266 e. The molecule has 0 saturated heterocycles. The standard InChI is InChI=1S/C22H27N5O2S/c1-13(2)17-12-16(26-27(17)22(4,5)6)19(28)24-25-20(29)18-14(3)23-21(30-18)15-10-8-7-9-11-15/h7-13H,1-6H3,(H,24,28)(H,25,29). The van der Waals surface area contributed by atoms with Gasteiger partial charge in [0.15, 0.2) is 5.69 Å². The first-order chi connectivity index (χ1) is 14.1. The van der Waals surface area contributed by atoms with Crippen molar-refractivity contribution in [1.82, 2.24) is 25.6 Å². The van der Waals surface area contributed by atoms with E-state index in [1.54, 1.807) is 13.0 Å². The van der Waals surface area contributed by atoms with Crippen molar-refractivity contribution in [2.24, 2.45) is 0 Å². The molecule has 2 heterocycles. The second-order valence-electron chi connectivity index (χ2n) is 8.40. The van der Waals surface area contributed by atoms with Crippen LogP contribution in [0.1, 0.15) is 72.1 Å². The average molecular weight is 426 g/mol. The van der Waals surface area contributed by atoms with Gasteiger partial charge in [0.2, 0.25) is 0 Å². The van der Waals surface area contributed by atoms with Crippen LogP contribution in [0, 0.1) is 6.92 Å². The zero-order valence-electron chi connectivity index (χ0n) is 18.1. The van der Waals surface area contributed by atoms with Gasteiger partial charge in [0.05, 0.1) is 11.2 Å². The third-order valence-corrected chi connectivity index (χ3v) is 5.71. The van der Waals surface area contributed by atoms with Gasteiger partial charge in [-0.05, 0) is 39.7 Å². The Morgan fingerprint density at radius 3 is 2.27 bits per heavy atom. The van der Waals surface area contributed by atoms with Crippen LogP contribution in [0.2, 0.25) is 0 Å². The fraction of sp³-hybridized carbons (Fsp3) is 0.364. The molecule has 0 radical (unpaired) electrons. The number of aromatic nitrogens is 3. The zero-order chi connectivity index (χ0) is 22.1. The lowest BCUT2D eigenvalue weighted by Crippen LogP contribution is -2.41. The number of hydrogen-bond acceptors (Lipinski definition) is 5. The highest BCUT2D eigenvalue weighted by molar-refractivity contribution is 7.17. The molecule has 3 rings (SSSR count). The summed E-state index contributed by atoms with van der Waals surface area (Å²) in [4.78, 5) is 30.1. The molecule has 0 saturated carbocycles. The first-order valence-corrected chi connectivity index (χ1v) is 10.6. The fourth-order valence-corrected chi connectivity index (χ4v) is 3.97. The Hall–Kier alpha value is -3.00. The summed E-state index contributed by atoms with van der Waals surface area (Å²) in [5.74, 6) is -0.650. The van der Waals surface area contributed by atoms with E-state index in [0.717, 1.165) is 16.3 Å². The molecule has 2 N–H and O–H groups in total. The molecule has 0 spiro atoms. The van der Waals surface area contributed by atoms with E-state index in [9.17, 15) is 9.59 Å². The first-order valence-electron chi connectivity index (χ1n) is 9.82. The number of nitrogens with one attached hydrogen (secondary N) is 2. The Bertz CT molecular complexity index is 1060. The second kappa shape index (κ2) is 8.39. The topological polar surface area (TPSA) is 88.9 Å². The molecule has 0 unspecified atom stereocenters. The number of carbonyl (C=O) groups excluding carboxylic acids is 2. The largest absolute Gasteiger partial charge is 0.290 e. The van der Waals surface area contributed by atoms with Crippen molar-refractivity contribution in [3.8, 4) is 10.6 Å². The molecular weight excluding hydrogens is 398 g/mol. The van der Waals surface area contributed by atoms with Gasteiger partial charge in [0.25, 0.3) is 11.8 Å². The number of hydrogen-bond donors (Lipinski definition) is 2. The minimum atomic E-state index is -0.460. The van der Waals surface area contributed by atoms with E-state index in [-0.39, 0.29) is 17.2 Å². The van der Waals surface area contributed by atoms with Crippen molar-refractivity contribution in [1.29, 1.82) is 0 Å². The Kier molecular flexibility index (Phi) is 6.07. The number of nitrogens with zero attached hydrogens (tertiary/aromatic N) is 3. The SMILES string of the molecule is Cc1nc(-c2ccccc2)sc1C(=O)NNC(=O)c1cc(C(C)C)n(C(C)(C)C)n1. The van der Waals surface area contributed by atoms with E-state index in [4.69, 9.17) is 0 Å². The predicted octanol–water partition coefficient (Wildman–Crippen LogP) is 4.27. The summed E-state index contributed by atoms with van der Waals surface area (Å²) in [6, 6.07) is 11.4. The number of amides is 2. The van der Waals surface area contributed by atoms with Crippen molar-refractivity contribution >= 4 is 23.2 Å². The van der Waals surface area contributed by atoms with E-state index < -0.39 is 11.8 Å². The number of hydrazine groups is 1. The Morgan fingerprint density at radius 1 is 1.07 bits per heavy atom. The molecule has 0 bridgehead atoms. The lowest BCUT2D eigenvalue weighted by Gasteiger charge is -2.23. The molecule has 2 aromatic heterocycles. The van der Waals surface area contributed by atoms with Crippen molar-refractivity contribution < 1.29 is 9.59 Å². The molecule has 0 atom stereocenters. The monoisotopic (exact) mass is 425 g/mol. The molecule has 7 nitrogen and oxygen atoms in total. The van der Waals surface area contributed by atoms with Gasteiger partial charge >= 0.3 is 0 Å². The summed E-state index contributed by atoms with van der Waals surface area (Å²) in [7, 11) is 0. The van der Waals surface area contributed by atoms with Gasteiger partial charge in [-0.15, -0.1) is 11.3 Å². The van der Waals surface area contributed by atoms with Crippen LogP contribution in [-0.2, 0) is 5.54 Å². The molecular formula is C22H27N5O2S. The molecule has 0 aliphatic heterocycles. The van der Waals surface area contributed by atoms with Crippen LogP contribution in [0.3, 0.4) is 0 Å². The van der Waals surface area contributed by atoms with E-state index in [1.165, 1.54) is 11.3 Å². The number of carbonyl (C=O) groups is 2. The maximum Gasteiger partial charge on any atom is 0.290 e. The molecule has 2 amide bonds. The van der Waals surface area contributed by atoms with Crippen molar-refractivity contribution in [3.63, 3.8) is 0 Å². The number of thiazole rings is 1. The van der Waals surface area contributed by atoms with E-state index >= 15 is 0 Å². The number of aryl methyl sites for hydroxylation is 1. The smallest absolute Gasteiger partial charge is 0.266 e. The maximum absolute atomic E-state index is 12.6. The third-order valence-electron chi connectivity index (χ3n) is 4.51. The second-order valence-corrected chi connectivity index (χ2v) is 9.40. The van der Waals surface area contributed by atoms with Crippen LogP contribution >= 0.6 is 11.3 Å². The van der Waals surface area contributed by atoms with E-state index in [0.29, 0.717) is 10.6 Å². The van der Waals surface area contributed by atoms with Gasteiger partial charge in [-0.25, -0.2) is 4.98 Å². The van der Waals surface area contributed by atoms with Crippen LogP contribution in [0.5, 0.6) is 0 Å². The predicted molar refractivity (Wildman–Crippen MR) is 119 cm³/mol. The summed E-state index contributed by atoms with van der Waals surface area (Å²) in [6.45, 7) is 12.0. The maximum atomic E-state index is 12.6. The van der Waals surface area contributed by atoms with Gasteiger partial charge in [-0.3, -0.25) is 25.1 Å². The molecule has 3 aromatic rings. The molecule has 0 aliphatic rings.